The van der Waals surface area contributed by atoms with Gasteiger partial charge in [0.25, 0.3) is 0 Å². The Morgan fingerprint density at radius 2 is 1.70 bits per heavy atom. The Bertz CT molecular complexity index is 815. The number of anilines is 2. The van der Waals surface area contributed by atoms with E-state index in [4.69, 9.17) is 0 Å². The zero-order valence-electron chi connectivity index (χ0n) is 18.2. The summed E-state index contributed by atoms with van der Waals surface area (Å²) in [4.78, 5) is 19.8. The molecular formula is C24H33N5O. The van der Waals surface area contributed by atoms with Crippen molar-refractivity contribution < 1.29 is 4.79 Å². The first-order valence-corrected chi connectivity index (χ1v) is 11.2. The molecule has 4 rings (SSSR count). The molecule has 2 aromatic rings. The first-order valence-electron chi connectivity index (χ1n) is 11.2. The molecule has 30 heavy (non-hydrogen) atoms. The molecule has 1 aromatic heterocycles. The normalized spacial score (nSPS) is 20.9. The Hall–Kier alpha value is -2.63. The summed E-state index contributed by atoms with van der Waals surface area (Å²) in [6.07, 6.45) is 5.40. The topological polar surface area (TPSA) is 52.6 Å². The highest BCUT2D eigenvalue weighted by molar-refractivity contribution is 5.79. The summed E-state index contributed by atoms with van der Waals surface area (Å²) in [7, 11) is 3.94. The van der Waals surface area contributed by atoms with Crippen molar-refractivity contribution in [3.05, 3.63) is 48.0 Å². The van der Waals surface area contributed by atoms with Crippen molar-refractivity contribution in [2.45, 2.75) is 38.6 Å². The van der Waals surface area contributed by atoms with E-state index in [0.29, 0.717) is 11.8 Å². The second-order valence-corrected chi connectivity index (χ2v) is 8.82. The second-order valence-electron chi connectivity index (χ2n) is 8.82. The van der Waals surface area contributed by atoms with Crippen LogP contribution in [0, 0.1) is 11.8 Å². The Morgan fingerprint density at radius 1 is 0.933 bits per heavy atom. The van der Waals surface area contributed by atoms with Crippen molar-refractivity contribution in [1.82, 2.24) is 15.1 Å². The third kappa shape index (κ3) is 4.74. The van der Waals surface area contributed by atoms with Gasteiger partial charge in [-0.2, -0.15) is 0 Å². The van der Waals surface area contributed by atoms with Gasteiger partial charge in [-0.3, -0.25) is 4.79 Å². The molecule has 1 atom stereocenters. The van der Waals surface area contributed by atoms with Crippen molar-refractivity contribution >= 4 is 17.5 Å². The molecule has 0 spiro atoms. The SMILES string of the molecule is CN(C)c1ccc(N2CCC([C@@H]3CCCCN(Cc4ccccc4)C3=O)CC2)nn1. The molecule has 0 radical (unpaired) electrons. The first-order chi connectivity index (χ1) is 14.6. The van der Waals surface area contributed by atoms with Crippen LogP contribution < -0.4 is 9.80 Å². The van der Waals surface area contributed by atoms with Gasteiger partial charge in [-0.1, -0.05) is 36.8 Å². The van der Waals surface area contributed by atoms with Gasteiger partial charge in [0.2, 0.25) is 5.91 Å². The van der Waals surface area contributed by atoms with Crippen LogP contribution in [0.4, 0.5) is 11.6 Å². The number of rotatable bonds is 5. The highest BCUT2D eigenvalue weighted by Crippen LogP contribution is 2.33. The Kier molecular flexibility index (Phi) is 6.50. The predicted molar refractivity (Wildman–Crippen MR) is 120 cm³/mol. The molecule has 6 heteroatoms. The van der Waals surface area contributed by atoms with Crippen LogP contribution in [0.3, 0.4) is 0 Å². The van der Waals surface area contributed by atoms with Crippen LogP contribution in [0.15, 0.2) is 42.5 Å². The lowest BCUT2D eigenvalue weighted by molar-refractivity contribution is -0.137. The second kappa shape index (κ2) is 9.45. The molecule has 0 aliphatic carbocycles. The van der Waals surface area contributed by atoms with E-state index in [1.807, 2.05) is 31.1 Å². The molecule has 0 bridgehead atoms. The Balaban J connectivity index is 1.37. The smallest absolute Gasteiger partial charge is 0.226 e. The van der Waals surface area contributed by atoms with E-state index in [9.17, 15) is 4.79 Å². The van der Waals surface area contributed by atoms with Gasteiger partial charge in [-0.05, 0) is 49.3 Å². The molecule has 0 unspecified atom stereocenters. The minimum absolute atomic E-state index is 0.167. The highest BCUT2D eigenvalue weighted by Gasteiger charge is 2.35. The van der Waals surface area contributed by atoms with E-state index >= 15 is 0 Å². The van der Waals surface area contributed by atoms with Gasteiger partial charge in [-0.25, -0.2) is 0 Å². The highest BCUT2D eigenvalue weighted by atomic mass is 16.2. The summed E-state index contributed by atoms with van der Waals surface area (Å²) in [5, 5.41) is 8.72. The van der Waals surface area contributed by atoms with E-state index in [0.717, 1.165) is 69.9 Å². The predicted octanol–water partition coefficient (Wildman–Crippen LogP) is 3.59. The van der Waals surface area contributed by atoms with Crippen molar-refractivity contribution in [3.8, 4) is 0 Å². The molecule has 0 saturated carbocycles. The molecule has 2 aliphatic rings. The number of likely N-dealkylation sites (tertiary alicyclic amines) is 1. The molecule has 6 nitrogen and oxygen atoms in total. The molecule has 1 aromatic carbocycles. The third-order valence-electron chi connectivity index (χ3n) is 6.57. The zero-order chi connectivity index (χ0) is 20.9. The van der Waals surface area contributed by atoms with Gasteiger partial charge in [0.1, 0.15) is 0 Å². The molecular weight excluding hydrogens is 374 g/mol. The number of carbonyl (C=O) groups excluding carboxylic acids is 1. The fourth-order valence-corrected chi connectivity index (χ4v) is 4.79. The van der Waals surface area contributed by atoms with Gasteiger partial charge >= 0.3 is 0 Å². The first kappa shape index (κ1) is 20.6. The molecule has 2 saturated heterocycles. The van der Waals surface area contributed by atoms with Gasteiger partial charge in [0.15, 0.2) is 11.6 Å². The summed E-state index contributed by atoms with van der Waals surface area (Å²) in [5.74, 6) is 2.82. The molecule has 2 fully saturated rings. The number of benzene rings is 1. The number of nitrogens with zero attached hydrogens (tertiary/aromatic N) is 5. The van der Waals surface area contributed by atoms with Gasteiger partial charge in [-0.15, -0.1) is 10.2 Å². The zero-order valence-corrected chi connectivity index (χ0v) is 18.2. The van der Waals surface area contributed by atoms with Gasteiger partial charge < -0.3 is 14.7 Å². The average molecular weight is 408 g/mol. The largest absolute Gasteiger partial charge is 0.361 e. The third-order valence-corrected chi connectivity index (χ3v) is 6.57. The quantitative estimate of drug-likeness (QED) is 0.758. The molecule has 3 heterocycles. The Labute approximate surface area is 179 Å². The fourth-order valence-electron chi connectivity index (χ4n) is 4.79. The Morgan fingerprint density at radius 3 is 2.37 bits per heavy atom. The standard InChI is InChI=1S/C24H33N5O/c1-27(2)22-11-12-23(26-25-22)28-16-13-20(14-17-28)21-10-6-7-15-29(24(21)30)18-19-8-4-3-5-9-19/h3-5,8-9,11-12,20-21H,6-7,10,13-18H2,1-2H3/t21-/m0/s1. The van der Waals surface area contributed by atoms with Crippen LogP contribution in [0.25, 0.3) is 0 Å². The maximum absolute atomic E-state index is 13.4. The minimum Gasteiger partial charge on any atom is -0.361 e. The van der Waals surface area contributed by atoms with E-state index in [1.165, 1.54) is 5.56 Å². The summed E-state index contributed by atoms with van der Waals surface area (Å²) in [6.45, 7) is 3.52. The summed E-state index contributed by atoms with van der Waals surface area (Å²) in [6, 6.07) is 14.5. The van der Waals surface area contributed by atoms with Gasteiger partial charge in [0.05, 0.1) is 0 Å². The number of amides is 1. The number of carbonyl (C=O) groups is 1. The van der Waals surface area contributed by atoms with Crippen molar-refractivity contribution in [3.63, 3.8) is 0 Å². The number of aromatic nitrogens is 2. The molecule has 1 amide bonds. The number of hydrogen-bond donors (Lipinski definition) is 0. The van der Waals surface area contributed by atoms with E-state index < -0.39 is 0 Å². The summed E-state index contributed by atoms with van der Waals surface area (Å²) < 4.78 is 0. The van der Waals surface area contributed by atoms with E-state index in [2.05, 4.69) is 50.3 Å². The van der Waals surface area contributed by atoms with Crippen LogP contribution in [-0.2, 0) is 11.3 Å². The van der Waals surface area contributed by atoms with Crippen LogP contribution in [-0.4, -0.2) is 54.7 Å². The van der Waals surface area contributed by atoms with E-state index in [-0.39, 0.29) is 5.92 Å². The summed E-state index contributed by atoms with van der Waals surface area (Å²) in [5.41, 5.74) is 1.22. The van der Waals surface area contributed by atoms with Crippen molar-refractivity contribution in [1.29, 1.82) is 0 Å². The van der Waals surface area contributed by atoms with Crippen LogP contribution in [0.2, 0.25) is 0 Å². The number of hydrogen-bond acceptors (Lipinski definition) is 5. The van der Waals surface area contributed by atoms with Crippen LogP contribution in [0.5, 0.6) is 0 Å². The van der Waals surface area contributed by atoms with Gasteiger partial charge in [0, 0.05) is 46.2 Å². The monoisotopic (exact) mass is 407 g/mol. The molecule has 2 aliphatic heterocycles. The minimum atomic E-state index is 0.167. The maximum Gasteiger partial charge on any atom is 0.226 e. The lowest BCUT2D eigenvalue weighted by Gasteiger charge is -2.37. The lowest BCUT2D eigenvalue weighted by Crippen LogP contribution is -2.42. The maximum atomic E-state index is 13.4. The van der Waals surface area contributed by atoms with Crippen LogP contribution >= 0.6 is 0 Å². The van der Waals surface area contributed by atoms with Crippen molar-refractivity contribution in [2.24, 2.45) is 11.8 Å². The molecule has 160 valence electrons. The lowest BCUT2D eigenvalue weighted by atomic mass is 9.81. The van der Waals surface area contributed by atoms with Crippen molar-refractivity contribution in [2.75, 3.05) is 43.5 Å². The fraction of sp³-hybridized carbons (Fsp3) is 0.542. The summed E-state index contributed by atoms with van der Waals surface area (Å²) >= 11 is 0. The number of piperidine rings is 1. The average Bonchev–Trinajstić information content (AvgIpc) is 2.96. The van der Waals surface area contributed by atoms with Crippen LogP contribution in [0.1, 0.15) is 37.7 Å². The molecule has 0 N–H and O–H groups in total. The van der Waals surface area contributed by atoms with E-state index in [1.54, 1.807) is 0 Å².